The van der Waals surface area contributed by atoms with Gasteiger partial charge in [-0.1, -0.05) is 12.8 Å². The van der Waals surface area contributed by atoms with Crippen LogP contribution in [0.1, 0.15) is 46.0 Å². The normalized spacial score (nSPS) is 43.6. The lowest BCUT2D eigenvalue weighted by atomic mass is 9.88. The van der Waals surface area contributed by atoms with Gasteiger partial charge in [0.1, 0.15) is 85.4 Å². The molecule has 4 aliphatic heterocycles. The van der Waals surface area contributed by atoms with Crippen molar-refractivity contribution >= 4 is 11.9 Å². The van der Waals surface area contributed by atoms with E-state index in [1.165, 1.54) is 6.92 Å². The molecule has 0 bridgehead atoms. The number of carboxylic acids is 1. The second-order valence-electron chi connectivity index (χ2n) is 15.4. The van der Waals surface area contributed by atoms with Crippen molar-refractivity contribution in [2.45, 2.75) is 174 Å². The SMILES string of the molecule is CC(=O)N[C@H]1[C@H](OCCCCCCN)O[C@H](CO)[C@@H](O[C@@H]2O[C@H](CO)[C@H](O)[C@H](O[C@]3(C(=O)O)C[C@H](O)[C@H](N)[C@H]([C@H](O)[C@H](O)CO)O3)[C@H]2O)[C@@H]1O[C@@H]1O[C@@H](C)[C@@H](O)[C@@H](O)[C@@H]1O. The molecule has 17 N–H and O–H groups in total. The predicted octanol–water partition coefficient (Wildman–Crippen LogP) is -7.86. The van der Waals surface area contributed by atoms with Crippen LogP contribution in [0.2, 0.25) is 0 Å². The number of unbranched alkanes of at least 4 members (excludes halogenated alkanes) is 3. The number of aliphatic carboxylic acids is 1. The number of carboxylic acid groups (broad SMARTS) is 1. The van der Waals surface area contributed by atoms with Crippen LogP contribution in [-0.2, 0) is 47.5 Å². The highest BCUT2D eigenvalue weighted by molar-refractivity contribution is 5.76. The summed E-state index contributed by atoms with van der Waals surface area (Å²) in [6.07, 6.45) is -30.4. The van der Waals surface area contributed by atoms with Crippen LogP contribution in [0.25, 0.3) is 0 Å². The van der Waals surface area contributed by atoms with Crippen molar-refractivity contribution in [2.24, 2.45) is 11.5 Å². The topological polar surface area (TPSA) is 415 Å². The van der Waals surface area contributed by atoms with Crippen molar-refractivity contribution in [2.75, 3.05) is 33.0 Å². The number of rotatable bonds is 20. The molecule has 25 nitrogen and oxygen atoms in total. The summed E-state index contributed by atoms with van der Waals surface area (Å²) in [6, 6.07) is -2.92. The van der Waals surface area contributed by atoms with E-state index < -0.39 is 166 Å². The molecular weight excluding hydrogens is 814 g/mol. The van der Waals surface area contributed by atoms with Crippen molar-refractivity contribution in [3.8, 4) is 0 Å². The van der Waals surface area contributed by atoms with Gasteiger partial charge in [0.15, 0.2) is 18.9 Å². The van der Waals surface area contributed by atoms with Crippen molar-refractivity contribution in [1.29, 1.82) is 0 Å². The molecule has 1 amide bonds. The van der Waals surface area contributed by atoms with Crippen LogP contribution in [0.5, 0.6) is 0 Å². The molecule has 0 aliphatic carbocycles. The number of aliphatic hydroxyl groups is 11. The Morgan fingerprint density at radius 2 is 1.42 bits per heavy atom. The van der Waals surface area contributed by atoms with Gasteiger partial charge in [0.2, 0.25) is 5.91 Å². The maximum Gasteiger partial charge on any atom is 0.364 e. The number of amides is 1. The lowest BCUT2D eigenvalue weighted by Gasteiger charge is -2.51. The van der Waals surface area contributed by atoms with Gasteiger partial charge in [0.25, 0.3) is 5.79 Å². The summed E-state index contributed by atoms with van der Waals surface area (Å²) in [5.74, 6) is -5.64. The molecule has 4 rings (SSSR count). The highest BCUT2D eigenvalue weighted by Crippen LogP contribution is 2.39. The Labute approximate surface area is 344 Å². The number of ether oxygens (including phenoxy) is 8. The number of nitrogens with one attached hydrogen (secondary N) is 1. The lowest BCUT2D eigenvalue weighted by molar-refractivity contribution is -0.391. The average molecular weight is 878 g/mol. The summed E-state index contributed by atoms with van der Waals surface area (Å²) in [5.41, 5.74) is 11.5. The van der Waals surface area contributed by atoms with Gasteiger partial charge in [-0.25, -0.2) is 4.79 Å². The molecule has 0 aromatic heterocycles. The molecule has 350 valence electrons. The van der Waals surface area contributed by atoms with Crippen molar-refractivity contribution in [1.82, 2.24) is 5.32 Å². The van der Waals surface area contributed by atoms with Gasteiger partial charge in [0.05, 0.1) is 38.1 Å². The summed E-state index contributed by atoms with van der Waals surface area (Å²) < 4.78 is 47.0. The van der Waals surface area contributed by atoms with E-state index in [1.807, 2.05) is 0 Å². The molecule has 0 saturated carbocycles. The molecule has 0 aromatic carbocycles. The summed E-state index contributed by atoms with van der Waals surface area (Å²) >= 11 is 0. The third kappa shape index (κ3) is 11.6. The molecule has 25 heteroatoms. The van der Waals surface area contributed by atoms with Gasteiger partial charge in [-0.3, -0.25) is 4.79 Å². The molecular formula is C35H63N3O22. The molecule has 4 fully saturated rings. The van der Waals surface area contributed by atoms with Gasteiger partial charge in [-0.2, -0.15) is 0 Å². The second-order valence-corrected chi connectivity index (χ2v) is 15.4. The molecule has 4 heterocycles. The van der Waals surface area contributed by atoms with Crippen LogP contribution in [0.15, 0.2) is 0 Å². The van der Waals surface area contributed by atoms with E-state index in [9.17, 15) is 70.9 Å². The number of hydrogen-bond acceptors (Lipinski definition) is 23. The van der Waals surface area contributed by atoms with E-state index in [-0.39, 0.29) is 6.61 Å². The maximum atomic E-state index is 12.8. The van der Waals surface area contributed by atoms with Gasteiger partial charge in [0, 0.05) is 20.0 Å². The first-order chi connectivity index (χ1) is 28.4. The minimum Gasteiger partial charge on any atom is -0.477 e. The van der Waals surface area contributed by atoms with E-state index >= 15 is 0 Å². The van der Waals surface area contributed by atoms with Crippen LogP contribution >= 0.6 is 0 Å². The quantitative estimate of drug-likeness (QED) is 0.0505. The first kappa shape index (κ1) is 50.7. The molecule has 60 heavy (non-hydrogen) atoms. The number of carbonyl (C=O) groups excluding carboxylic acids is 1. The zero-order valence-electron chi connectivity index (χ0n) is 33.2. The lowest BCUT2D eigenvalue weighted by Crippen LogP contribution is -2.71. The molecule has 0 aromatic rings. The number of hydrogen-bond donors (Lipinski definition) is 15. The van der Waals surface area contributed by atoms with E-state index in [0.717, 1.165) is 19.8 Å². The van der Waals surface area contributed by atoms with Crippen molar-refractivity contribution < 1.29 is 109 Å². The molecule has 4 aliphatic rings. The van der Waals surface area contributed by atoms with Crippen LogP contribution in [0, 0.1) is 0 Å². The number of nitrogens with two attached hydrogens (primary N) is 2. The molecule has 0 spiro atoms. The fourth-order valence-corrected chi connectivity index (χ4v) is 7.53. The van der Waals surface area contributed by atoms with Crippen LogP contribution < -0.4 is 16.8 Å². The van der Waals surface area contributed by atoms with E-state index in [0.29, 0.717) is 19.4 Å². The van der Waals surface area contributed by atoms with Crippen molar-refractivity contribution in [3.63, 3.8) is 0 Å². The smallest absolute Gasteiger partial charge is 0.364 e. The van der Waals surface area contributed by atoms with Crippen molar-refractivity contribution in [3.05, 3.63) is 0 Å². The Bertz CT molecular complexity index is 1340. The largest absolute Gasteiger partial charge is 0.477 e. The zero-order valence-corrected chi connectivity index (χ0v) is 33.2. The van der Waals surface area contributed by atoms with Gasteiger partial charge in [-0.15, -0.1) is 0 Å². The highest BCUT2D eigenvalue weighted by atomic mass is 16.8. The number of carbonyl (C=O) groups is 2. The molecule has 0 radical (unpaired) electrons. The second kappa shape index (κ2) is 22.6. The number of aliphatic hydroxyl groups excluding tert-OH is 11. The third-order valence-electron chi connectivity index (χ3n) is 11.0. The first-order valence-electron chi connectivity index (χ1n) is 19.8. The van der Waals surface area contributed by atoms with Crippen LogP contribution in [0.4, 0.5) is 0 Å². The third-order valence-corrected chi connectivity index (χ3v) is 11.0. The van der Waals surface area contributed by atoms with Gasteiger partial charge >= 0.3 is 5.97 Å². The first-order valence-corrected chi connectivity index (χ1v) is 19.8. The van der Waals surface area contributed by atoms with Gasteiger partial charge < -0.3 is 116 Å². The monoisotopic (exact) mass is 877 g/mol. The minimum atomic E-state index is -3.03. The standard InChI is InChI=1S/C35H63N3O22/c1-13-21(45)24(48)25(49)32(54-13)58-29-20(38-14(2)42)31(53-8-6-4-3-5-7-36)56-18(12-41)27(29)57-33-26(50)30(23(47)17(11-40)55-33)60-35(34(51)52)9-15(43)19(37)28(59-35)22(46)16(44)10-39/h13,15-33,39-41,43-50H,3-12,36-37H2,1-2H3,(H,38,42)(H,51,52)/t13-,15-,16+,17+,18+,19-,20+,21+,22+,23-,24+,25-,26+,27+,28+,29+,30-,31+,32-,33-,35-/m0/s1. The Balaban J connectivity index is 1.71. The fraction of sp³-hybridized carbons (Fsp3) is 0.943. The predicted molar refractivity (Wildman–Crippen MR) is 194 cm³/mol. The van der Waals surface area contributed by atoms with Gasteiger partial charge in [-0.05, 0) is 26.3 Å². The van der Waals surface area contributed by atoms with E-state index in [4.69, 9.17) is 49.4 Å². The summed E-state index contributed by atoms with van der Waals surface area (Å²) in [4.78, 5) is 25.5. The molecule has 0 unspecified atom stereocenters. The summed E-state index contributed by atoms with van der Waals surface area (Å²) in [6.45, 7) is 0.196. The summed E-state index contributed by atoms with van der Waals surface area (Å²) in [5, 5.41) is 129. The Kier molecular flexibility index (Phi) is 19.1. The minimum absolute atomic E-state index is 0.0790. The zero-order chi connectivity index (χ0) is 44.6. The van der Waals surface area contributed by atoms with E-state index in [2.05, 4.69) is 5.32 Å². The maximum absolute atomic E-state index is 12.8. The Morgan fingerprint density at radius 1 is 0.800 bits per heavy atom. The van der Waals surface area contributed by atoms with E-state index in [1.54, 1.807) is 0 Å². The van der Waals surface area contributed by atoms with Crippen LogP contribution in [-0.4, -0.2) is 234 Å². The van der Waals surface area contributed by atoms with Crippen LogP contribution in [0.3, 0.4) is 0 Å². The molecule has 21 atom stereocenters. The Hall–Kier alpha value is -1.90. The average Bonchev–Trinajstić information content (AvgIpc) is 3.21. The summed E-state index contributed by atoms with van der Waals surface area (Å²) in [7, 11) is 0. The fourth-order valence-electron chi connectivity index (χ4n) is 7.53. The Morgan fingerprint density at radius 3 is 2.02 bits per heavy atom. The molecule has 4 saturated heterocycles. The highest BCUT2D eigenvalue weighted by Gasteiger charge is 2.60.